The molecule has 2 heterocycles. The van der Waals surface area contributed by atoms with Gasteiger partial charge < -0.3 is 10.2 Å². The molecule has 0 radical (unpaired) electrons. The molecule has 0 amide bonds. The third kappa shape index (κ3) is 2.56. The Hall–Kier alpha value is -1.10. The van der Waals surface area contributed by atoms with Gasteiger partial charge in [-0.2, -0.15) is 4.98 Å². The van der Waals surface area contributed by atoms with Gasteiger partial charge in [-0.15, -0.1) is 5.10 Å². The van der Waals surface area contributed by atoms with Crippen LogP contribution in [0.15, 0.2) is 0 Å². The molecule has 1 aromatic rings. The molecule has 3 atom stereocenters. The number of fused-ring (bicyclic) bond motifs is 1. The van der Waals surface area contributed by atoms with E-state index in [0.29, 0.717) is 5.92 Å². The van der Waals surface area contributed by atoms with E-state index in [1.165, 1.54) is 38.5 Å². The molecule has 4 rings (SSSR count). The first-order chi connectivity index (χ1) is 10.4. The van der Waals surface area contributed by atoms with Gasteiger partial charge in [0.05, 0.1) is 0 Å². The summed E-state index contributed by atoms with van der Waals surface area (Å²) >= 11 is 0. The number of nitrogens with zero attached hydrogens (tertiary/aromatic N) is 3. The van der Waals surface area contributed by atoms with Crippen molar-refractivity contribution >= 4 is 5.95 Å². The second-order valence-corrected chi connectivity index (χ2v) is 7.17. The van der Waals surface area contributed by atoms with E-state index in [0.717, 1.165) is 49.2 Å². The lowest BCUT2D eigenvalue weighted by Crippen LogP contribution is -2.39. The number of anilines is 1. The lowest BCUT2D eigenvalue weighted by molar-refractivity contribution is 0.399. The standard InChI is InChI=1S/C16H27N5/c1-17-9-11-5-4-8-21(10-11)16-18-15(19-20-16)14-12-6-2-3-7-13(12)14/h11-14,17H,2-10H2,1H3,(H,18,19,20). The molecular weight excluding hydrogens is 262 g/mol. The van der Waals surface area contributed by atoms with Crippen molar-refractivity contribution in [1.29, 1.82) is 0 Å². The van der Waals surface area contributed by atoms with Crippen LogP contribution >= 0.6 is 0 Å². The highest BCUT2D eigenvalue weighted by Crippen LogP contribution is 2.60. The number of hydrogen-bond donors (Lipinski definition) is 2. The summed E-state index contributed by atoms with van der Waals surface area (Å²) < 4.78 is 0. The predicted molar refractivity (Wildman–Crippen MR) is 83.4 cm³/mol. The molecule has 2 N–H and O–H groups in total. The third-order valence-electron chi connectivity index (χ3n) is 5.76. The average Bonchev–Trinajstić information content (AvgIpc) is 3.04. The van der Waals surface area contributed by atoms with Gasteiger partial charge in [0.25, 0.3) is 0 Å². The maximum atomic E-state index is 4.85. The van der Waals surface area contributed by atoms with Gasteiger partial charge in [-0.1, -0.05) is 12.8 Å². The number of rotatable bonds is 4. The topological polar surface area (TPSA) is 56.8 Å². The molecule has 5 nitrogen and oxygen atoms in total. The minimum absolute atomic E-state index is 0.687. The fourth-order valence-corrected chi connectivity index (χ4v) is 4.66. The largest absolute Gasteiger partial charge is 0.339 e. The number of hydrogen-bond acceptors (Lipinski definition) is 4. The highest BCUT2D eigenvalue weighted by molar-refractivity contribution is 5.32. The van der Waals surface area contributed by atoms with Crippen molar-refractivity contribution < 1.29 is 0 Å². The molecule has 21 heavy (non-hydrogen) atoms. The zero-order valence-electron chi connectivity index (χ0n) is 13.0. The maximum Gasteiger partial charge on any atom is 0.244 e. The first-order valence-electron chi connectivity index (χ1n) is 8.68. The van der Waals surface area contributed by atoms with Gasteiger partial charge in [-0.3, -0.25) is 5.10 Å². The van der Waals surface area contributed by atoms with Gasteiger partial charge in [0.2, 0.25) is 5.95 Å². The molecule has 1 aromatic heterocycles. The molecule has 1 saturated heterocycles. The van der Waals surface area contributed by atoms with Crippen LogP contribution in [0.2, 0.25) is 0 Å². The Morgan fingerprint density at radius 2 is 2.00 bits per heavy atom. The Labute approximate surface area is 126 Å². The van der Waals surface area contributed by atoms with E-state index in [9.17, 15) is 0 Å². The van der Waals surface area contributed by atoms with Crippen LogP contribution in [-0.4, -0.2) is 41.9 Å². The van der Waals surface area contributed by atoms with E-state index < -0.39 is 0 Å². The van der Waals surface area contributed by atoms with Gasteiger partial charge in [-0.25, -0.2) is 0 Å². The molecule has 1 aliphatic heterocycles. The minimum Gasteiger partial charge on any atom is -0.339 e. The Morgan fingerprint density at radius 1 is 1.19 bits per heavy atom. The lowest BCUT2D eigenvalue weighted by Gasteiger charge is -2.31. The average molecular weight is 289 g/mol. The summed E-state index contributed by atoms with van der Waals surface area (Å²) in [4.78, 5) is 7.23. The van der Waals surface area contributed by atoms with E-state index in [2.05, 4.69) is 20.4 Å². The molecule has 0 bridgehead atoms. The van der Waals surface area contributed by atoms with Crippen LogP contribution < -0.4 is 10.2 Å². The summed E-state index contributed by atoms with van der Waals surface area (Å²) in [5.74, 6) is 5.32. The summed E-state index contributed by atoms with van der Waals surface area (Å²) in [6, 6.07) is 0. The zero-order chi connectivity index (χ0) is 14.2. The Bertz CT molecular complexity index is 471. The van der Waals surface area contributed by atoms with E-state index in [-0.39, 0.29) is 0 Å². The van der Waals surface area contributed by atoms with Crippen molar-refractivity contribution in [3.63, 3.8) is 0 Å². The highest BCUT2D eigenvalue weighted by atomic mass is 15.4. The van der Waals surface area contributed by atoms with Crippen molar-refractivity contribution in [3.8, 4) is 0 Å². The van der Waals surface area contributed by atoms with Crippen molar-refractivity contribution in [1.82, 2.24) is 20.5 Å². The highest BCUT2D eigenvalue weighted by Gasteiger charge is 2.53. The summed E-state index contributed by atoms with van der Waals surface area (Å²) in [5, 5.41) is 11.1. The maximum absolute atomic E-state index is 4.85. The number of piperidine rings is 1. The second kappa shape index (κ2) is 5.59. The van der Waals surface area contributed by atoms with Gasteiger partial charge >= 0.3 is 0 Å². The summed E-state index contributed by atoms with van der Waals surface area (Å²) in [6.45, 7) is 3.30. The molecule has 2 saturated carbocycles. The number of aromatic nitrogens is 3. The van der Waals surface area contributed by atoms with Crippen molar-refractivity contribution in [2.75, 3.05) is 31.6 Å². The van der Waals surface area contributed by atoms with Crippen molar-refractivity contribution in [2.24, 2.45) is 17.8 Å². The number of aromatic amines is 1. The fraction of sp³-hybridized carbons (Fsp3) is 0.875. The normalized spacial score (nSPS) is 35.6. The van der Waals surface area contributed by atoms with Crippen LogP contribution in [0.5, 0.6) is 0 Å². The lowest BCUT2D eigenvalue weighted by atomic mass is 9.98. The van der Waals surface area contributed by atoms with Gasteiger partial charge in [-0.05, 0) is 57.0 Å². The molecule has 116 valence electrons. The van der Waals surface area contributed by atoms with E-state index in [1.807, 2.05) is 7.05 Å². The SMILES string of the molecule is CNCC1CCCN(c2n[nH]c(C3C4CCCCC43)n2)C1. The second-order valence-electron chi connectivity index (χ2n) is 7.17. The van der Waals surface area contributed by atoms with Crippen LogP contribution in [0.1, 0.15) is 50.3 Å². The quantitative estimate of drug-likeness (QED) is 0.891. The Balaban J connectivity index is 1.42. The summed E-state index contributed by atoms with van der Waals surface area (Å²) in [6.07, 6.45) is 8.21. The first kappa shape index (κ1) is 13.6. The van der Waals surface area contributed by atoms with Crippen LogP contribution in [-0.2, 0) is 0 Å². The van der Waals surface area contributed by atoms with E-state index >= 15 is 0 Å². The van der Waals surface area contributed by atoms with Crippen molar-refractivity contribution in [2.45, 2.75) is 44.4 Å². The molecule has 2 aliphatic carbocycles. The zero-order valence-corrected chi connectivity index (χ0v) is 13.0. The number of nitrogens with one attached hydrogen (secondary N) is 2. The Kier molecular flexibility index (Phi) is 3.61. The fourth-order valence-electron chi connectivity index (χ4n) is 4.66. The molecule has 0 aromatic carbocycles. The summed E-state index contributed by atoms with van der Waals surface area (Å²) in [7, 11) is 2.04. The van der Waals surface area contributed by atoms with Crippen LogP contribution in [0.25, 0.3) is 0 Å². The van der Waals surface area contributed by atoms with Gasteiger partial charge in [0, 0.05) is 19.0 Å². The smallest absolute Gasteiger partial charge is 0.244 e. The Morgan fingerprint density at radius 3 is 2.76 bits per heavy atom. The minimum atomic E-state index is 0.687. The van der Waals surface area contributed by atoms with Crippen LogP contribution in [0.4, 0.5) is 5.95 Å². The molecular formula is C16H27N5. The van der Waals surface area contributed by atoms with Crippen LogP contribution in [0, 0.1) is 17.8 Å². The molecule has 0 spiro atoms. The van der Waals surface area contributed by atoms with Gasteiger partial charge in [0.15, 0.2) is 0 Å². The third-order valence-corrected chi connectivity index (χ3v) is 5.76. The van der Waals surface area contributed by atoms with E-state index in [1.54, 1.807) is 0 Å². The van der Waals surface area contributed by atoms with Crippen molar-refractivity contribution in [3.05, 3.63) is 5.82 Å². The van der Waals surface area contributed by atoms with Crippen LogP contribution in [0.3, 0.4) is 0 Å². The number of H-pyrrole nitrogens is 1. The van der Waals surface area contributed by atoms with E-state index in [4.69, 9.17) is 4.98 Å². The van der Waals surface area contributed by atoms with Gasteiger partial charge in [0.1, 0.15) is 5.82 Å². The molecule has 3 unspecified atom stereocenters. The molecule has 5 heteroatoms. The predicted octanol–water partition coefficient (Wildman–Crippen LogP) is 2.14. The first-order valence-corrected chi connectivity index (χ1v) is 8.68. The molecule has 3 aliphatic rings. The monoisotopic (exact) mass is 289 g/mol. The molecule has 3 fully saturated rings. The summed E-state index contributed by atoms with van der Waals surface area (Å²) in [5.41, 5.74) is 0.